The highest BCUT2D eigenvalue weighted by Crippen LogP contribution is 2.46. The molecular formula is C28H27F4N3O3. The predicted octanol–water partition coefficient (Wildman–Crippen LogP) is 4.57. The van der Waals surface area contributed by atoms with E-state index in [0.29, 0.717) is 19.4 Å². The molecule has 2 aromatic rings. The van der Waals surface area contributed by atoms with Crippen molar-refractivity contribution in [3.63, 3.8) is 0 Å². The third-order valence-electron chi connectivity index (χ3n) is 8.65. The summed E-state index contributed by atoms with van der Waals surface area (Å²) >= 11 is 0. The molecule has 6 rings (SSSR count). The highest BCUT2D eigenvalue weighted by atomic mass is 19.3. The zero-order valence-electron chi connectivity index (χ0n) is 20.6. The van der Waals surface area contributed by atoms with E-state index in [1.807, 2.05) is 0 Å². The largest absolute Gasteiger partial charge is 0.322 e. The number of nitrogens with one attached hydrogen (secondary N) is 1. The van der Waals surface area contributed by atoms with Crippen molar-refractivity contribution in [2.24, 2.45) is 0 Å². The number of halogens is 4. The molecule has 2 bridgehead atoms. The molecule has 2 unspecified atom stereocenters. The van der Waals surface area contributed by atoms with Crippen LogP contribution in [0.25, 0.3) is 0 Å². The molecule has 2 aromatic carbocycles. The number of benzene rings is 2. The topological polar surface area (TPSA) is 69.7 Å². The summed E-state index contributed by atoms with van der Waals surface area (Å²) in [5, 5.41) is 2.21. The molecular weight excluding hydrogens is 502 g/mol. The Bertz CT molecular complexity index is 1300. The molecule has 3 amide bonds. The summed E-state index contributed by atoms with van der Waals surface area (Å²) in [7, 11) is 0. The van der Waals surface area contributed by atoms with Gasteiger partial charge >= 0.3 is 0 Å². The van der Waals surface area contributed by atoms with Crippen LogP contribution in [0.4, 0.5) is 17.6 Å². The molecule has 4 aliphatic rings. The zero-order valence-corrected chi connectivity index (χ0v) is 20.6. The first-order valence-electron chi connectivity index (χ1n) is 13.0. The summed E-state index contributed by atoms with van der Waals surface area (Å²) in [6, 6.07) is 6.71. The van der Waals surface area contributed by atoms with Gasteiger partial charge in [0.2, 0.25) is 11.8 Å². The summed E-state index contributed by atoms with van der Waals surface area (Å²) < 4.78 is 57.0. The zero-order chi connectivity index (χ0) is 26.7. The maximum atomic E-state index is 15.9. The van der Waals surface area contributed by atoms with Gasteiger partial charge in [-0.05, 0) is 49.7 Å². The Hall–Kier alpha value is -3.27. The smallest absolute Gasteiger partial charge is 0.263 e. The van der Waals surface area contributed by atoms with Crippen molar-refractivity contribution in [1.29, 1.82) is 0 Å². The average Bonchev–Trinajstić information content (AvgIpc) is 3.30. The van der Waals surface area contributed by atoms with Crippen LogP contribution >= 0.6 is 0 Å². The van der Waals surface area contributed by atoms with E-state index < -0.39 is 41.8 Å². The molecule has 6 nitrogen and oxygen atoms in total. The Kier molecular flexibility index (Phi) is 6.25. The Morgan fingerprint density at radius 1 is 0.974 bits per heavy atom. The lowest BCUT2D eigenvalue weighted by atomic mass is 9.83. The van der Waals surface area contributed by atoms with Gasteiger partial charge in [-0.1, -0.05) is 24.3 Å². The molecule has 1 N–H and O–H groups in total. The molecule has 0 saturated carbocycles. The summed E-state index contributed by atoms with van der Waals surface area (Å²) in [4.78, 5) is 40.3. The standard InChI is InChI=1S/C28H27F4N3O3/c29-21-11-19-20(13-35(28(19)38)22-7-8-23(36)33-27(22)37)25(30)24(21)16-9-17-5-6-18(10-16)34(17)12-14-1-3-15(4-2-14)26(31)32/h1-4,11,16-18,22,26H,5-10,12-13H2,(H,33,36,37)/t16?,17-,18+,22?. The highest BCUT2D eigenvalue weighted by molar-refractivity contribution is 6.05. The molecule has 0 aliphatic carbocycles. The third-order valence-corrected chi connectivity index (χ3v) is 8.65. The van der Waals surface area contributed by atoms with E-state index in [1.165, 1.54) is 17.0 Å². The quantitative estimate of drug-likeness (QED) is 0.455. The van der Waals surface area contributed by atoms with Crippen LogP contribution in [0.15, 0.2) is 30.3 Å². The van der Waals surface area contributed by atoms with E-state index in [1.54, 1.807) is 12.1 Å². The van der Waals surface area contributed by atoms with Gasteiger partial charge in [0.25, 0.3) is 12.3 Å². The van der Waals surface area contributed by atoms with E-state index in [0.717, 1.165) is 24.5 Å². The first kappa shape index (κ1) is 25.0. The van der Waals surface area contributed by atoms with Crippen molar-refractivity contribution >= 4 is 17.7 Å². The van der Waals surface area contributed by atoms with Crippen LogP contribution < -0.4 is 5.32 Å². The first-order chi connectivity index (χ1) is 18.2. The minimum absolute atomic E-state index is 0.000454. The lowest BCUT2D eigenvalue weighted by Gasteiger charge is -2.39. The van der Waals surface area contributed by atoms with E-state index >= 15 is 8.78 Å². The second-order valence-corrected chi connectivity index (χ2v) is 10.8. The summed E-state index contributed by atoms with van der Waals surface area (Å²) in [5.41, 5.74) is 0.935. The van der Waals surface area contributed by atoms with Gasteiger partial charge in [0, 0.05) is 41.7 Å². The molecule has 3 fully saturated rings. The summed E-state index contributed by atoms with van der Waals surface area (Å²) in [5.74, 6) is -3.44. The fourth-order valence-electron chi connectivity index (χ4n) is 6.77. The number of carbonyl (C=O) groups is 3. The van der Waals surface area contributed by atoms with Gasteiger partial charge in [0.1, 0.15) is 17.7 Å². The molecule has 4 atom stereocenters. The molecule has 200 valence electrons. The van der Waals surface area contributed by atoms with Crippen molar-refractivity contribution in [1.82, 2.24) is 15.1 Å². The molecule has 4 aliphatic heterocycles. The van der Waals surface area contributed by atoms with Crippen molar-refractivity contribution in [3.8, 4) is 0 Å². The third kappa shape index (κ3) is 4.19. The summed E-state index contributed by atoms with van der Waals surface area (Å²) in [6.45, 7) is 0.454. The van der Waals surface area contributed by atoms with Crippen molar-refractivity contribution < 1.29 is 31.9 Å². The number of nitrogens with zero attached hydrogens (tertiary/aromatic N) is 2. The number of piperidine rings is 2. The molecule has 3 saturated heterocycles. The van der Waals surface area contributed by atoms with Gasteiger partial charge in [-0.2, -0.15) is 0 Å². The van der Waals surface area contributed by atoms with Crippen LogP contribution in [-0.4, -0.2) is 45.6 Å². The number of imide groups is 1. The van der Waals surface area contributed by atoms with Crippen molar-refractivity contribution in [2.75, 3.05) is 0 Å². The van der Waals surface area contributed by atoms with Gasteiger partial charge in [-0.3, -0.25) is 24.6 Å². The molecule has 0 radical (unpaired) electrons. The maximum Gasteiger partial charge on any atom is 0.263 e. The van der Waals surface area contributed by atoms with Gasteiger partial charge in [0.15, 0.2) is 0 Å². The predicted molar refractivity (Wildman–Crippen MR) is 128 cm³/mol. The number of amides is 3. The molecule has 10 heteroatoms. The molecule has 4 heterocycles. The van der Waals surface area contributed by atoms with E-state index in [2.05, 4.69) is 10.2 Å². The van der Waals surface area contributed by atoms with Crippen molar-refractivity contribution in [2.45, 2.75) is 82.1 Å². The number of hydrogen-bond acceptors (Lipinski definition) is 4. The highest BCUT2D eigenvalue weighted by Gasteiger charge is 2.45. The Morgan fingerprint density at radius 2 is 1.66 bits per heavy atom. The monoisotopic (exact) mass is 529 g/mol. The van der Waals surface area contributed by atoms with E-state index in [-0.39, 0.29) is 59.6 Å². The normalized spacial score (nSPS) is 27.3. The Morgan fingerprint density at radius 3 is 2.29 bits per heavy atom. The molecule has 38 heavy (non-hydrogen) atoms. The Labute approximate surface area is 217 Å². The van der Waals surface area contributed by atoms with Crippen LogP contribution in [0.5, 0.6) is 0 Å². The number of hydrogen-bond donors (Lipinski definition) is 1. The average molecular weight is 530 g/mol. The molecule has 0 aromatic heterocycles. The minimum atomic E-state index is -2.51. The lowest BCUT2D eigenvalue weighted by Crippen LogP contribution is -2.52. The second-order valence-electron chi connectivity index (χ2n) is 10.8. The molecule has 0 spiro atoms. The van der Waals surface area contributed by atoms with Crippen LogP contribution in [0.2, 0.25) is 0 Å². The fourth-order valence-corrected chi connectivity index (χ4v) is 6.77. The Balaban J connectivity index is 1.21. The van der Waals surface area contributed by atoms with Crippen LogP contribution in [0, 0.1) is 11.6 Å². The fraction of sp³-hybridized carbons (Fsp3) is 0.464. The van der Waals surface area contributed by atoms with Crippen molar-refractivity contribution in [3.05, 3.63) is 69.8 Å². The maximum absolute atomic E-state index is 15.9. The lowest BCUT2D eigenvalue weighted by molar-refractivity contribution is -0.136. The minimum Gasteiger partial charge on any atom is -0.322 e. The van der Waals surface area contributed by atoms with E-state index in [4.69, 9.17) is 0 Å². The van der Waals surface area contributed by atoms with Gasteiger partial charge < -0.3 is 4.90 Å². The van der Waals surface area contributed by atoms with E-state index in [9.17, 15) is 23.2 Å². The van der Waals surface area contributed by atoms with Gasteiger partial charge in [0.05, 0.1) is 12.1 Å². The number of rotatable bonds is 5. The second kappa shape index (κ2) is 9.48. The SMILES string of the molecule is O=C1CCC(N2Cc3c(cc(F)c(C4C[C@H]5CC[C@@H](C4)N5Cc4ccc(C(F)F)cc4)c3F)C2=O)C(=O)N1. The number of carbonyl (C=O) groups excluding carboxylic acids is 3. The van der Waals surface area contributed by atoms with Gasteiger partial charge in [-0.15, -0.1) is 0 Å². The van der Waals surface area contributed by atoms with Crippen LogP contribution in [0.3, 0.4) is 0 Å². The summed E-state index contributed by atoms with van der Waals surface area (Å²) in [6.07, 6.45) is 0.620. The number of fused-ring (bicyclic) bond motifs is 3. The number of alkyl halides is 2. The first-order valence-corrected chi connectivity index (χ1v) is 13.0. The van der Waals surface area contributed by atoms with Crippen LogP contribution in [0.1, 0.15) is 83.5 Å². The van der Waals surface area contributed by atoms with Crippen LogP contribution in [-0.2, 0) is 22.7 Å². The van der Waals surface area contributed by atoms with Gasteiger partial charge in [-0.25, -0.2) is 17.6 Å².